The fourth-order valence-electron chi connectivity index (χ4n) is 5.35. The normalized spacial score (nSPS) is 16.1. The molecule has 2 aromatic carbocycles. The number of anilines is 3. The molecule has 0 spiro atoms. The van der Waals surface area contributed by atoms with Crippen molar-refractivity contribution < 1.29 is 9.53 Å². The third-order valence-corrected chi connectivity index (χ3v) is 8.44. The van der Waals surface area contributed by atoms with Crippen molar-refractivity contribution in [2.24, 2.45) is 0 Å². The Labute approximate surface area is 230 Å². The molecule has 2 fully saturated rings. The molecule has 0 atom stereocenters. The molecule has 0 bridgehead atoms. The summed E-state index contributed by atoms with van der Waals surface area (Å²) in [6, 6.07) is 16.7. The molecular formula is C29H29N7O2S. The lowest BCUT2D eigenvalue weighted by molar-refractivity contribution is -0.127. The number of nitrogens with one attached hydrogen (secondary N) is 1. The number of ether oxygens (including phenoxy) is 1. The first-order valence-corrected chi connectivity index (χ1v) is 14.3. The molecule has 10 heteroatoms. The number of aromatic nitrogens is 4. The first-order chi connectivity index (χ1) is 19.2. The summed E-state index contributed by atoms with van der Waals surface area (Å²) in [6.07, 6.45) is 3.38. The minimum Gasteiger partial charge on any atom is -0.378 e. The van der Waals surface area contributed by atoms with Gasteiger partial charge in [0.15, 0.2) is 22.8 Å². The molecule has 1 N–H and O–H groups in total. The van der Waals surface area contributed by atoms with E-state index in [0.29, 0.717) is 36.7 Å². The summed E-state index contributed by atoms with van der Waals surface area (Å²) in [7, 11) is 0. The number of benzene rings is 2. The van der Waals surface area contributed by atoms with Gasteiger partial charge in [0.25, 0.3) is 0 Å². The van der Waals surface area contributed by atoms with Crippen LogP contribution in [0.1, 0.15) is 12.8 Å². The van der Waals surface area contributed by atoms with Crippen LogP contribution in [0.5, 0.6) is 0 Å². The van der Waals surface area contributed by atoms with Crippen LogP contribution in [-0.4, -0.2) is 69.7 Å². The Morgan fingerprint density at radius 2 is 1.82 bits per heavy atom. The van der Waals surface area contributed by atoms with Gasteiger partial charge in [-0.2, -0.15) is 0 Å². The fraction of sp³-hybridized carbons (Fsp3) is 0.310. The van der Waals surface area contributed by atoms with Crippen LogP contribution in [0.25, 0.3) is 32.6 Å². The maximum Gasteiger partial charge on any atom is 0.222 e. The third kappa shape index (κ3) is 4.70. The molecule has 0 aliphatic carbocycles. The Morgan fingerprint density at radius 1 is 0.974 bits per heavy atom. The number of carbonyl (C=O) groups excluding carboxylic acids is 1. The zero-order valence-electron chi connectivity index (χ0n) is 21.5. The number of morpholine rings is 1. The average Bonchev–Trinajstić information content (AvgIpc) is 3.71. The minimum atomic E-state index is 0.224. The molecule has 0 radical (unpaired) electrons. The van der Waals surface area contributed by atoms with E-state index in [1.165, 1.54) is 10.4 Å². The van der Waals surface area contributed by atoms with E-state index < -0.39 is 0 Å². The summed E-state index contributed by atoms with van der Waals surface area (Å²) in [4.78, 5) is 31.1. The largest absolute Gasteiger partial charge is 0.378 e. The van der Waals surface area contributed by atoms with E-state index in [9.17, 15) is 4.79 Å². The van der Waals surface area contributed by atoms with Gasteiger partial charge in [-0.1, -0.05) is 18.2 Å². The summed E-state index contributed by atoms with van der Waals surface area (Å²) in [5.74, 6) is 1.55. The predicted molar refractivity (Wildman–Crippen MR) is 155 cm³/mol. The van der Waals surface area contributed by atoms with E-state index in [1.54, 1.807) is 11.3 Å². The van der Waals surface area contributed by atoms with E-state index in [2.05, 4.69) is 58.1 Å². The number of fused-ring (bicyclic) bond motifs is 2. The van der Waals surface area contributed by atoms with Gasteiger partial charge in [-0.15, -0.1) is 11.3 Å². The molecule has 9 nitrogen and oxygen atoms in total. The number of carbonyl (C=O) groups is 1. The summed E-state index contributed by atoms with van der Waals surface area (Å²) in [6.45, 7) is 5.42. The highest BCUT2D eigenvalue weighted by molar-refractivity contribution is 7.17. The van der Waals surface area contributed by atoms with Crippen LogP contribution >= 0.6 is 11.3 Å². The van der Waals surface area contributed by atoms with Crippen molar-refractivity contribution in [1.82, 2.24) is 24.4 Å². The molecule has 2 aliphatic heterocycles. The van der Waals surface area contributed by atoms with Gasteiger partial charge in [0, 0.05) is 71.5 Å². The third-order valence-electron chi connectivity index (χ3n) is 7.47. The van der Waals surface area contributed by atoms with Crippen LogP contribution in [0.4, 0.5) is 17.2 Å². The van der Waals surface area contributed by atoms with Gasteiger partial charge in [0.2, 0.25) is 5.91 Å². The van der Waals surface area contributed by atoms with Gasteiger partial charge in [0.1, 0.15) is 0 Å². The number of rotatable bonds is 7. The van der Waals surface area contributed by atoms with E-state index in [-0.39, 0.29) is 5.91 Å². The summed E-state index contributed by atoms with van der Waals surface area (Å²) in [5.41, 5.74) is 4.59. The first kappa shape index (κ1) is 24.1. The van der Waals surface area contributed by atoms with E-state index in [1.807, 2.05) is 21.9 Å². The van der Waals surface area contributed by atoms with Crippen LogP contribution in [0, 0.1) is 0 Å². The number of hydrogen-bond donors (Lipinski definition) is 1. The van der Waals surface area contributed by atoms with Crippen LogP contribution in [0.3, 0.4) is 0 Å². The van der Waals surface area contributed by atoms with E-state index in [0.717, 1.165) is 61.6 Å². The highest BCUT2D eigenvalue weighted by atomic mass is 32.1. The van der Waals surface area contributed by atoms with Crippen LogP contribution in [0.2, 0.25) is 0 Å². The first-order valence-electron chi connectivity index (χ1n) is 13.4. The lowest BCUT2D eigenvalue weighted by Crippen LogP contribution is -2.36. The number of thiophene rings is 1. The summed E-state index contributed by atoms with van der Waals surface area (Å²) >= 11 is 1.69. The lowest BCUT2D eigenvalue weighted by Gasteiger charge is -2.28. The minimum absolute atomic E-state index is 0.224. The van der Waals surface area contributed by atoms with Crippen molar-refractivity contribution in [2.75, 3.05) is 49.6 Å². The standard InChI is InChI=1S/C29H29N7O2S/c37-25-6-3-11-35(25)12-13-36-19-30-26-28(31-20-7-9-21(10-8-20)34-14-16-38-17-15-34)32-27(33-29(26)36)23-18-39-24-5-2-1-4-22(23)24/h1-2,4-5,7-10,18-19H,3,6,11-17H2,(H,31,32,33). The molecular weight excluding hydrogens is 510 g/mol. The number of imidazole rings is 1. The average molecular weight is 540 g/mol. The van der Waals surface area contributed by atoms with Gasteiger partial charge in [0.05, 0.1) is 19.5 Å². The Bertz CT molecular complexity index is 1640. The second-order valence-corrected chi connectivity index (χ2v) is 10.8. The van der Waals surface area contributed by atoms with Gasteiger partial charge >= 0.3 is 0 Å². The smallest absolute Gasteiger partial charge is 0.222 e. The molecule has 2 aliphatic rings. The van der Waals surface area contributed by atoms with Crippen LogP contribution in [-0.2, 0) is 16.1 Å². The fourth-order valence-corrected chi connectivity index (χ4v) is 6.29. The second-order valence-electron chi connectivity index (χ2n) is 9.91. The Kier molecular flexibility index (Phi) is 6.34. The van der Waals surface area contributed by atoms with Crippen molar-refractivity contribution in [3.8, 4) is 11.4 Å². The van der Waals surface area contributed by atoms with E-state index >= 15 is 0 Å². The van der Waals surface area contributed by atoms with Crippen LogP contribution in [0.15, 0.2) is 60.2 Å². The van der Waals surface area contributed by atoms with Crippen molar-refractivity contribution >= 4 is 55.7 Å². The predicted octanol–water partition coefficient (Wildman–Crippen LogP) is 4.91. The quantitative estimate of drug-likeness (QED) is 0.314. The number of hydrogen-bond acceptors (Lipinski definition) is 8. The van der Waals surface area contributed by atoms with Gasteiger partial charge in [-0.25, -0.2) is 15.0 Å². The van der Waals surface area contributed by atoms with Gasteiger partial charge < -0.3 is 24.4 Å². The maximum atomic E-state index is 12.2. The van der Waals surface area contributed by atoms with Crippen molar-refractivity contribution in [1.29, 1.82) is 0 Å². The topological polar surface area (TPSA) is 88.4 Å². The van der Waals surface area contributed by atoms with Crippen molar-refractivity contribution in [3.05, 3.63) is 60.2 Å². The number of amides is 1. The summed E-state index contributed by atoms with van der Waals surface area (Å²) in [5, 5.41) is 6.77. The zero-order chi connectivity index (χ0) is 26.2. The van der Waals surface area contributed by atoms with Crippen molar-refractivity contribution in [3.63, 3.8) is 0 Å². The zero-order valence-corrected chi connectivity index (χ0v) is 22.4. The van der Waals surface area contributed by atoms with E-state index in [4.69, 9.17) is 19.7 Å². The highest BCUT2D eigenvalue weighted by Crippen LogP contribution is 2.34. The molecule has 39 heavy (non-hydrogen) atoms. The molecule has 0 unspecified atom stereocenters. The SMILES string of the molecule is O=C1CCCN1CCn1cnc2c(Nc3ccc(N4CCOCC4)cc3)nc(-c3csc4ccccc34)nc21. The maximum absolute atomic E-state index is 12.2. The molecule has 5 aromatic rings. The Hall–Kier alpha value is -4.02. The van der Waals surface area contributed by atoms with Gasteiger partial charge in [-0.3, -0.25) is 4.79 Å². The van der Waals surface area contributed by atoms with Crippen molar-refractivity contribution in [2.45, 2.75) is 19.4 Å². The molecule has 198 valence electrons. The van der Waals surface area contributed by atoms with Crippen LogP contribution < -0.4 is 10.2 Å². The number of likely N-dealkylation sites (tertiary alicyclic amines) is 1. The monoisotopic (exact) mass is 539 g/mol. The van der Waals surface area contributed by atoms with Gasteiger partial charge in [-0.05, 0) is 36.8 Å². The molecule has 5 heterocycles. The second kappa shape index (κ2) is 10.3. The molecule has 1 amide bonds. The molecule has 2 saturated heterocycles. The number of nitrogens with zero attached hydrogens (tertiary/aromatic N) is 6. The summed E-state index contributed by atoms with van der Waals surface area (Å²) < 4.78 is 8.73. The highest BCUT2D eigenvalue weighted by Gasteiger charge is 2.21. The lowest BCUT2D eigenvalue weighted by atomic mass is 10.1. The molecule has 3 aromatic heterocycles. The Balaban J connectivity index is 1.25. The molecule has 0 saturated carbocycles. The Morgan fingerprint density at radius 3 is 2.64 bits per heavy atom. The molecule has 7 rings (SSSR count).